The molecule has 1 aromatic carbocycles. The smallest absolute Gasteiger partial charge is 0.285 e. The van der Waals surface area contributed by atoms with Gasteiger partial charge in [0, 0.05) is 12.8 Å². The van der Waals surface area contributed by atoms with Gasteiger partial charge in [0.2, 0.25) is 0 Å². The van der Waals surface area contributed by atoms with Crippen molar-refractivity contribution in [1.82, 2.24) is 0 Å². The summed E-state index contributed by atoms with van der Waals surface area (Å²) >= 11 is 0. The highest BCUT2D eigenvalue weighted by Crippen LogP contribution is 2.28. The standard InChI is InChI=1S/C14H20N2O2/c1-18-12-8-4-3-7-11(12)16-13(17)14(15)9-5-2-6-10-14/h3-4,7-8H,2,5-6,9-10,15H2,1H3,(H,16,17)/p+1. The van der Waals surface area contributed by atoms with Gasteiger partial charge in [-0.15, -0.1) is 0 Å². The fourth-order valence-electron chi connectivity index (χ4n) is 2.46. The van der Waals surface area contributed by atoms with Gasteiger partial charge in [0.15, 0.2) is 5.54 Å². The molecule has 18 heavy (non-hydrogen) atoms. The van der Waals surface area contributed by atoms with E-state index in [4.69, 9.17) is 4.74 Å². The largest absolute Gasteiger partial charge is 0.495 e. The molecule has 0 bridgehead atoms. The zero-order valence-electron chi connectivity index (χ0n) is 10.9. The first-order valence-corrected chi connectivity index (χ1v) is 6.45. The minimum Gasteiger partial charge on any atom is -0.495 e. The first-order valence-electron chi connectivity index (χ1n) is 6.45. The minimum atomic E-state index is -0.473. The zero-order chi connectivity index (χ0) is 13.0. The Bertz CT molecular complexity index is 426. The van der Waals surface area contributed by atoms with Gasteiger partial charge in [-0.1, -0.05) is 18.6 Å². The third-order valence-electron chi connectivity index (χ3n) is 3.65. The van der Waals surface area contributed by atoms with E-state index in [0.29, 0.717) is 5.75 Å². The second-order valence-corrected chi connectivity index (χ2v) is 5.00. The highest BCUT2D eigenvalue weighted by molar-refractivity contribution is 5.98. The van der Waals surface area contributed by atoms with E-state index in [1.54, 1.807) is 7.11 Å². The SMILES string of the molecule is COc1ccccc1NC(=O)C1([NH3+])CCCCC1. The maximum Gasteiger partial charge on any atom is 0.285 e. The number of quaternary nitrogens is 1. The van der Waals surface area contributed by atoms with E-state index in [1.165, 1.54) is 6.42 Å². The number of nitrogens with one attached hydrogen (secondary N) is 1. The van der Waals surface area contributed by atoms with E-state index >= 15 is 0 Å². The Balaban J connectivity index is 2.10. The third kappa shape index (κ3) is 2.64. The summed E-state index contributed by atoms with van der Waals surface area (Å²) in [6.07, 6.45) is 5.12. The van der Waals surface area contributed by atoms with Crippen molar-refractivity contribution in [2.45, 2.75) is 37.6 Å². The Morgan fingerprint density at radius 3 is 2.61 bits per heavy atom. The number of anilines is 1. The number of ether oxygens (including phenoxy) is 1. The summed E-state index contributed by atoms with van der Waals surface area (Å²) in [5, 5.41) is 2.95. The predicted molar refractivity (Wildman–Crippen MR) is 70.3 cm³/mol. The normalized spacial score (nSPS) is 18.1. The van der Waals surface area contributed by atoms with Crippen molar-refractivity contribution in [3.8, 4) is 5.75 Å². The monoisotopic (exact) mass is 249 g/mol. The first-order chi connectivity index (χ1) is 8.65. The van der Waals surface area contributed by atoms with Gasteiger partial charge < -0.3 is 15.8 Å². The maximum atomic E-state index is 12.3. The molecule has 4 nitrogen and oxygen atoms in total. The topological polar surface area (TPSA) is 66.0 Å². The van der Waals surface area contributed by atoms with Crippen LogP contribution >= 0.6 is 0 Å². The summed E-state index contributed by atoms with van der Waals surface area (Å²) in [6, 6.07) is 7.46. The van der Waals surface area contributed by atoms with Crippen LogP contribution in [0.15, 0.2) is 24.3 Å². The third-order valence-corrected chi connectivity index (χ3v) is 3.65. The Morgan fingerprint density at radius 2 is 1.94 bits per heavy atom. The van der Waals surface area contributed by atoms with E-state index in [-0.39, 0.29) is 5.91 Å². The molecule has 0 aliphatic heterocycles. The average Bonchev–Trinajstić information content (AvgIpc) is 2.40. The van der Waals surface area contributed by atoms with Gasteiger partial charge >= 0.3 is 0 Å². The molecule has 0 spiro atoms. The van der Waals surface area contributed by atoms with E-state index in [0.717, 1.165) is 31.4 Å². The number of hydrogen-bond donors (Lipinski definition) is 2. The lowest BCUT2D eigenvalue weighted by Gasteiger charge is -2.28. The summed E-state index contributed by atoms with van der Waals surface area (Å²) in [7, 11) is 1.60. The fraction of sp³-hybridized carbons (Fsp3) is 0.500. The molecule has 4 N–H and O–H groups in total. The Morgan fingerprint density at radius 1 is 1.28 bits per heavy atom. The van der Waals surface area contributed by atoms with Crippen molar-refractivity contribution in [3.63, 3.8) is 0 Å². The molecule has 4 heteroatoms. The number of carbonyl (C=O) groups is 1. The molecular formula is C14H21N2O2+. The van der Waals surface area contributed by atoms with Crippen LogP contribution in [-0.2, 0) is 4.79 Å². The van der Waals surface area contributed by atoms with Crippen LogP contribution in [0.1, 0.15) is 32.1 Å². The summed E-state index contributed by atoms with van der Waals surface area (Å²) in [6.45, 7) is 0. The van der Waals surface area contributed by atoms with Crippen LogP contribution in [0.5, 0.6) is 5.75 Å². The second kappa shape index (κ2) is 5.40. The molecular weight excluding hydrogens is 228 g/mol. The number of benzene rings is 1. The molecule has 0 heterocycles. The maximum absolute atomic E-state index is 12.3. The van der Waals surface area contributed by atoms with E-state index < -0.39 is 5.54 Å². The van der Waals surface area contributed by atoms with Crippen molar-refractivity contribution in [2.24, 2.45) is 0 Å². The zero-order valence-corrected chi connectivity index (χ0v) is 10.9. The average molecular weight is 249 g/mol. The lowest BCUT2D eigenvalue weighted by molar-refractivity contribution is -0.463. The Kier molecular flexibility index (Phi) is 3.87. The summed E-state index contributed by atoms with van der Waals surface area (Å²) in [5.41, 5.74) is 4.38. The van der Waals surface area contributed by atoms with Gasteiger partial charge in [-0.05, 0) is 25.0 Å². The van der Waals surface area contributed by atoms with Crippen molar-refractivity contribution >= 4 is 11.6 Å². The van der Waals surface area contributed by atoms with Gasteiger partial charge in [0.05, 0.1) is 12.8 Å². The summed E-state index contributed by atoms with van der Waals surface area (Å²) in [4.78, 5) is 12.3. The van der Waals surface area contributed by atoms with Crippen LogP contribution in [-0.4, -0.2) is 18.6 Å². The van der Waals surface area contributed by atoms with Gasteiger partial charge in [-0.25, -0.2) is 0 Å². The second-order valence-electron chi connectivity index (χ2n) is 5.00. The van der Waals surface area contributed by atoms with Gasteiger partial charge in [0.25, 0.3) is 5.91 Å². The molecule has 1 aliphatic rings. The highest BCUT2D eigenvalue weighted by Gasteiger charge is 2.39. The fourth-order valence-corrected chi connectivity index (χ4v) is 2.46. The predicted octanol–water partition coefficient (Wildman–Crippen LogP) is 1.58. The highest BCUT2D eigenvalue weighted by atomic mass is 16.5. The lowest BCUT2D eigenvalue weighted by Crippen LogP contribution is -2.78. The van der Waals surface area contributed by atoms with Crippen LogP contribution in [0.2, 0.25) is 0 Å². The first kappa shape index (κ1) is 12.9. The number of amides is 1. The van der Waals surface area contributed by atoms with Crippen molar-refractivity contribution in [2.75, 3.05) is 12.4 Å². The lowest BCUT2D eigenvalue weighted by atomic mass is 9.82. The van der Waals surface area contributed by atoms with Crippen LogP contribution in [0, 0.1) is 0 Å². The number of rotatable bonds is 3. The summed E-state index contributed by atoms with van der Waals surface area (Å²) in [5.74, 6) is 0.692. The van der Waals surface area contributed by atoms with Gasteiger partial charge in [-0.2, -0.15) is 0 Å². The molecule has 0 unspecified atom stereocenters. The summed E-state index contributed by atoms with van der Waals surface area (Å²) < 4.78 is 5.23. The molecule has 98 valence electrons. The Hall–Kier alpha value is -1.55. The molecule has 1 aromatic rings. The number of hydrogen-bond acceptors (Lipinski definition) is 2. The van der Waals surface area contributed by atoms with Crippen molar-refractivity contribution in [3.05, 3.63) is 24.3 Å². The van der Waals surface area contributed by atoms with Crippen molar-refractivity contribution < 1.29 is 15.3 Å². The van der Waals surface area contributed by atoms with Crippen molar-refractivity contribution in [1.29, 1.82) is 0 Å². The van der Waals surface area contributed by atoms with Crippen LogP contribution in [0.25, 0.3) is 0 Å². The van der Waals surface area contributed by atoms with E-state index in [2.05, 4.69) is 11.1 Å². The minimum absolute atomic E-state index is 0.00620. The molecule has 1 saturated carbocycles. The van der Waals surface area contributed by atoms with E-state index in [9.17, 15) is 4.79 Å². The number of para-hydroxylation sites is 2. The molecule has 1 aliphatic carbocycles. The molecule has 1 fully saturated rings. The van der Waals surface area contributed by atoms with Crippen LogP contribution in [0.4, 0.5) is 5.69 Å². The molecule has 0 radical (unpaired) electrons. The van der Waals surface area contributed by atoms with Crippen LogP contribution in [0.3, 0.4) is 0 Å². The van der Waals surface area contributed by atoms with Gasteiger partial charge in [-0.3, -0.25) is 4.79 Å². The molecule has 0 aromatic heterocycles. The quantitative estimate of drug-likeness (QED) is 0.854. The molecule has 0 saturated heterocycles. The number of methoxy groups -OCH3 is 1. The van der Waals surface area contributed by atoms with Gasteiger partial charge in [0.1, 0.15) is 5.75 Å². The molecule has 0 atom stereocenters. The number of carbonyl (C=O) groups excluding carboxylic acids is 1. The van der Waals surface area contributed by atoms with Crippen LogP contribution < -0.4 is 15.8 Å². The molecule has 1 amide bonds. The molecule has 2 rings (SSSR count). The Labute approximate surface area is 108 Å². The van der Waals surface area contributed by atoms with E-state index in [1.807, 2.05) is 24.3 Å².